The lowest BCUT2D eigenvalue weighted by atomic mass is 10.1. The highest BCUT2D eigenvalue weighted by molar-refractivity contribution is 8.15. The van der Waals surface area contributed by atoms with Gasteiger partial charge in [0.05, 0.1) is 10.9 Å². The molecule has 1 aliphatic rings. The lowest BCUT2D eigenvalue weighted by Gasteiger charge is -2.05. The molecule has 0 spiro atoms. The van der Waals surface area contributed by atoms with Crippen molar-refractivity contribution in [3.05, 3.63) is 83.3 Å². The van der Waals surface area contributed by atoms with Gasteiger partial charge in [0.25, 0.3) is 5.24 Å². The molecule has 3 aromatic rings. The van der Waals surface area contributed by atoms with Gasteiger partial charge in [-0.25, -0.2) is 4.98 Å². The number of thioether (sulfide) groups is 1. The zero-order valence-corrected chi connectivity index (χ0v) is 16.7. The fraction of sp³-hybridized carbons (Fsp3) is 0.174. The first-order chi connectivity index (χ1) is 14.1. The number of amides is 2. The molecular formula is C23H20N2O3S. The number of nitrogens with one attached hydrogen (secondary N) is 1. The number of imide groups is 1. The Morgan fingerprint density at radius 1 is 1.10 bits per heavy atom. The van der Waals surface area contributed by atoms with Gasteiger partial charge in [-0.15, -0.1) is 0 Å². The second kappa shape index (κ2) is 8.49. The second-order valence-corrected chi connectivity index (χ2v) is 8.00. The Kier molecular flexibility index (Phi) is 5.62. The van der Waals surface area contributed by atoms with Crippen LogP contribution in [-0.4, -0.2) is 21.4 Å². The normalized spacial score (nSPS) is 16.5. The van der Waals surface area contributed by atoms with Gasteiger partial charge >= 0.3 is 0 Å². The topological polar surface area (TPSA) is 72.2 Å². The van der Waals surface area contributed by atoms with E-state index >= 15 is 0 Å². The van der Waals surface area contributed by atoms with Gasteiger partial charge in [-0.2, -0.15) is 0 Å². The SMILES string of the molecule is Cc1oc(-c2ccccc2)nc1CC=Cc1ccc(CC2SC(=O)NC2=O)cc1. The van der Waals surface area contributed by atoms with Crippen LogP contribution in [0.25, 0.3) is 17.5 Å². The summed E-state index contributed by atoms with van der Waals surface area (Å²) in [5, 5.41) is 1.72. The Morgan fingerprint density at radius 3 is 2.55 bits per heavy atom. The number of nitrogens with zero attached hydrogens (tertiary/aromatic N) is 1. The van der Waals surface area contributed by atoms with Crippen molar-refractivity contribution in [2.24, 2.45) is 0 Å². The third-order valence-electron chi connectivity index (χ3n) is 4.70. The molecule has 2 amide bonds. The summed E-state index contributed by atoms with van der Waals surface area (Å²) in [6.45, 7) is 1.93. The Labute approximate surface area is 173 Å². The minimum Gasteiger partial charge on any atom is -0.441 e. The lowest BCUT2D eigenvalue weighted by molar-refractivity contribution is -0.118. The van der Waals surface area contributed by atoms with Gasteiger partial charge in [0.2, 0.25) is 11.8 Å². The predicted octanol–water partition coefficient (Wildman–Crippen LogP) is 4.80. The van der Waals surface area contributed by atoms with E-state index in [-0.39, 0.29) is 16.4 Å². The van der Waals surface area contributed by atoms with Crippen LogP contribution in [0.15, 0.2) is 65.1 Å². The number of rotatable bonds is 6. The molecule has 0 aliphatic carbocycles. The van der Waals surface area contributed by atoms with E-state index in [9.17, 15) is 9.59 Å². The number of aromatic nitrogens is 1. The zero-order valence-electron chi connectivity index (χ0n) is 15.9. The van der Waals surface area contributed by atoms with E-state index in [2.05, 4.69) is 16.4 Å². The Bertz CT molecular complexity index is 1060. The van der Waals surface area contributed by atoms with E-state index in [1.54, 1.807) is 0 Å². The van der Waals surface area contributed by atoms with E-state index in [4.69, 9.17) is 4.42 Å². The average Bonchev–Trinajstić information content (AvgIpc) is 3.25. The molecule has 1 aliphatic heterocycles. The Balaban J connectivity index is 1.37. The molecule has 1 N–H and O–H groups in total. The van der Waals surface area contributed by atoms with Crippen molar-refractivity contribution in [3.8, 4) is 11.5 Å². The molecule has 4 rings (SSSR count). The van der Waals surface area contributed by atoms with Crippen LogP contribution in [0.5, 0.6) is 0 Å². The molecule has 2 aromatic carbocycles. The van der Waals surface area contributed by atoms with Crippen molar-refractivity contribution in [2.45, 2.75) is 25.0 Å². The van der Waals surface area contributed by atoms with E-state index in [0.717, 1.165) is 39.9 Å². The molecule has 6 heteroatoms. The van der Waals surface area contributed by atoms with Crippen LogP contribution >= 0.6 is 11.8 Å². The van der Waals surface area contributed by atoms with Gasteiger partial charge in [-0.05, 0) is 36.6 Å². The molecule has 1 unspecified atom stereocenters. The van der Waals surface area contributed by atoms with E-state index < -0.39 is 0 Å². The number of oxazole rings is 1. The van der Waals surface area contributed by atoms with E-state index in [0.29, 0.717) is 18.7 Å². The van der Waals surface area contributed by atoms with Crippen LogP contribution in [0, 0.1) is 6.92 Å². The average molecular weight is 404 g/mol. The van der Waals surface area contributed by atoms with Crippen LogP contribution in [0.2, 0.25) is 0 Å². The monoisotopic (exact) mass is 404 g/mol. The van der Waals surface area contributed by atoms with Crippen LogP contribution < -0.4 is 5.32 Å². The molecule has 0 radical (unpaired) electrons. The first kappa shape index (κ1) is 19.2. The predicted molar refractivity (Wildman–Crippen MR) is 114 cm³/mol. The van der Waals surface area contributed by atoms with Gasteiger partial charge in [-0.1, -0.05) is 66.4 Å². The van der Waals surface area contributed by atoms with Crippen molar-refractivity contribution in [3.63, 3.8) is 0 Å². The van der Waals surface area contributed by atoms with Crippen molar-refractivity contribution in [1.82, 2.24) is 10.3 Å². The van der Waals surface area contributed by atoms with Gasteiger partial charge in [0.15, 0.2) is 0 Å². The minimum atomic E-state index is -0.335. The van der Waals surface area contributed by atoms with Crippen molar-refractivity contribution in [2.75, 3.05) is 0 Å². The van der Waals surface area contributed by atoms with Gasteiger partial charge < -0.3 is 4.42 Å². The highest BCUT2D eigenvalue weighted by Gasteiger charge is 2.31. The molecule has 5 nitrogen and oxygen atoms in total. The summed E-state index contributed by atoms with van der Waals surface area (Å²) >= 11 is 1.06. The first-order valence-corrected chi connectivity index (χ1v) is 10.2. The van der Waals surface area contributed by atoms with Gasteiger partial charge in [0, 0.05) is 12.0 Å². The zero-order chi connectivity index (χ0) is 20.2. The van der Waals surface area contributed by atoms with Crippen LogP contribution in [0.1, 0.15) is 22.6 Å². The van der Waals surface area contributed by atoms with Gasteiger partial charge in [-0.3, -0.25) is 14.9 Å². The number of carbonyl (C=O) groups is 2. The molecule has 29 heavy (non-hydrogen) atoms. The summed E-state index contributed by atoms with van der Waals surface area (Å²) in [5.41, 5.74) is 3.99. The van der Waals surface area contributed by atoms with E-state index in [1.165, 1.54) is 0 Å². The maximum atomic E-state index is 11.7. The molecule has 146 valence electrons. The molecule has 2 heterocycles. The van der Waals surface area contributed by atoms with Crippen LogP contribution in [0.3, 0.4) is 0 Å². The number of hydrogen-bond donors (Lipinski definition) is 1. The maximum absolute atomic E-state index is 11.7. The number of benzene rings is 2. The van der Waals surface area contributed by atoms with Crippen molar-refractivity contribution in [1.29, 1.82) is 0 Å². The number of allylic oxidation sites excluding steroid dienone is 1. The third-order valence-corrected chi connectivity index (χ3v) is 5.68. The summed E-state index contributed by atoms with van der Waals surface area (Å²) in [6.07, 6.45) is 5.34. The largest absolute Gasteiger partial charge is 0.441 e. The third kappa shape index (κ3) is 4.66. The highest BCUT2D eigenvalue weighted by Crippen LogP contribution is 2.24. The smallest absolute Gasteiger partial charge is 0.286 e. The molecule has 0 saturated carbocycles. The number of carbonyl (C=O) groups excluding carboxylic acids is 2. The minimum absolute atomic E-state index is 0.207. The lowest BCUT2D eigenvalue weighted by Crippen LogP contribution is -2.25. The second-order valence-electron chi connectivity index (χ2n) is 6.82. The standard InChI is InChI=1S/C23H20N2O3S/c1-15-19(24-22(28-15)18-7-3-2-4-8-18)9-5-6-16-10-12-17(13-11-16)14-20-21(26)25-23(27)29-20/h2-8,10-13,20H,9,14H2,1H3,(H,25,26,27). The summed E-state index contributed by atoms with van der Waals surface area (Å²) in [4.78, 5) is 27.5. The molecule has 1 atom stereocenters. The summed E-state index contributed by atoms with van der Waals surface area (Å²) < 4.78 is 5.80. The summed E-state index contributed by atoms with van der Waals surface area (Å²) in [7, 11) is 0. The molecule has 1 aromatic heterocycles. The Hall–Kier alpha value is -3.12. The maximum Gasteiger partial charge on any atom is 0.286 e. The molecular weight excluding hydrogens is 384 g/mol. The summed E-state index contributed by atoms with van der Waals surface area (Å²) in [6, 6.07) is 17.9. The van der Waals surface area contributed by atoms with Crippen molar-refractivity contribution >= 4 is 29.0 Å². The fourth-order valence-corrected chi connectivity index (χ4v) is 3.99. The van der Waals surface area contributed by atoms with Crippen LogP contribution in [0.4, 0.5) is 4.79 Å². The summed E-state index contributed by atoms with van der Waals surface area (Å²) in [5.74, 6) is 1.26. The Morgan fingerprint density at radius 2 is 1.86 bits per heavy atom. The van der Waals surface area contributed by atoms with Gasteiger partial charge in [0.1, 0.15) is 5.76 Å². The van der Waals surface area contributed by atoms with E-state index in [1.807, 2.05) is 67.6 Å². The fourth-order valence-electron chi connectivity index (χ4n) is 3.13. The first-order valence-electron chi connectivity index (χ1n) is 9.37. The van der Waals surface area contributed by atoms with Crippen LogP contribution in [-0.2, 0) is 17.6 Å². The molecule has 1 fully saturated rings. The number of hydrogen-bond acceptors (Lipinski definition) is 5. The number of aryl methyl sites for hydroxylation is 1. The molecule has 1 saturated heterocycles. The highest BCUT2D eigenvalue weighted by atomic mass is 32.2. The molecule has 0 bridgehead atoms. The van der Waals surface area contributed by atoms with Crippen molar-refractivity contribution < 1.29 is 14.0 Å². The quantitative estimate of drug-likeness (QED) is 0.639.